The molecule has 1 aliphatic rings. The van der Waals surface area contributed by atoms with Crippen LogP contribution in [-0.4, -0.2) is 65.9 Å². The molecule has 0 aliphatic carbocycles. The maximum atomic E-state index is 13.1. The van der Waals surface area contributed by atoms with E-state index in [9.17, 15) is 18.0 Å². The van der Waals surface area contributed by atoms with Crippen LogP contribution in [-0.2, 0) is 26.2 Å². The highest BCUT2D eigenvalue weighted by Gasteiger charge is 2.43. The number of hydrogen-bond acceptors (Lipinski definition) is 7. The number of amides is 2. The van der Waals surface area contributed by atoms with E-state index in [0.717, 1.165) is 4.31 Å². The number of aromatic nitrogens is 1. The van der Waals surface area contributed by atoms with E-state index in [-0.39, 0.29) is 18.0 Å². The van der Waals surface area contributed by atoms with Crippen molar-refractivity contribution in [3.8, 4) is 5.75 Å². The first-order chi connectivity index (χ1) is 13.9. The van der Waals surface area contributed by atoms with Gasteiger partial charge >= 0.3 is 0 Å². The number of pyridine rings is 1. The Balaban J connectivity index is 1.89. The first kappa shape index (κ1) is 20.7. The summed E-state index contributed by atoms with van der Waals surface area (Å²) in [7, 11) is -2.73. The van der Waals surface area contributed by atoms with Gasteiger partial charge in [-0.05, 0) is 36.4 Å². The standard InChI is InChI=1S/C18H20N4O6S/c1-28-14-5-7-15(8-6-14)29(26,27)22-12-17(23)21(11-16(22)18(24)20-25)10-13-4-2-3-9-19-13/h2-9,16,25H,10-12H2,1H3,(H,20,24). The lowest BCUT2D eigenvalue weighted by Crippen LogP contribution is -2.62. The van der Waals surface area contributed by atoms with Gasteiger partial charge in [-0.15, -0.1) is 0 Å². The highest BCUT2D eigenvalue weighted by molar-refractivity contribution is 7.89. The lowest BCUT2D eigenvalue weighted by Gasteiger charge is -2.38. The number of ether oxygens (including phenoxy) is 1. The zero-order chi connectivity index (χ0) is 21.0. The maximum absolute atomic E-state index is 13.1. The Morgan fingerprint density at radius 2 is 2.00 bits per heavy atom. The fourth-order valence-corrected chi connectivity index (χ4v) is 4.54. The molecule has 2 aromatic rings. The van der Waals surface area contributed by atoms with E-state index < -0.39 is 34.4 Å². The summed E-state index contributed by atoms with van der Waals surface area (Å²) < 4.78 is 31.9. The van der Waals surface area contributed by atoms with Crippen LogP contribution in [0.15, 0.2) is 53.6 Å². The number of sulfonamides is 1. The molecule has 1 aromatic heterocycles. The molecule has 1 aromatic carbocycles. The molecular formula is C18H20N4O6S. The first-order valence-electron chi connectivity index (χ1n) is 8.64. The predicted molar refractivity (Wildman–Crippen MR) is 100 cm³/mol. The molecule has 0 bridgehead atoms. The Labute approximate surface area is 167 Å². The number of carbonyl (C=O) groups excluding carboxylic acids is 2. The quantitative estimate of drug-likeness (QED) is 0.497. The second-order valence-electron chi connectivity index (χ2n) is 6.31. The summed E-state index contributed by atoms with van der Waals surface area (Å²) in [4.78, 5) is 30.2. The molecule has 2 N–H and O–H groups in total. The molecule has 0 saturated carbocycles. The SMILES string of the molecule is COc1ccc(S(=O)(=O)N2CC(=O)N(Cc3ccccn3)CC2C(=O)NO)cc1. The second kappa shape index (κ2) is 8.55. The molecule has 10 nitrogen and oxygen atoms in total. The largest absolute Gasteiger partial charge is 0.497 e. The van der Waals surface area contributed by atoms with Crippen LogP contribution < -0.4 is 10.2 Å². The lowest BCUT2D eigenvalue weighted by molar-refractivity contribution is -0.143. The summed E-state index contributed by atoms with van der Waals surface area (Å²) in [6.07, 6.45) is 1.57. The van der Waals surface area contributed by atoms with Crippen LogP contribution in [0, 0.1) is 0 Å². The van der Waals surface area contributed by atoms with Gasteiger partial charge in [0.05, 0.1) is 30.8 Å². The Bertz CT molecular complexity index is 981. The fraction of sp³-hybridized carbons (Fsp3) is 0.278. The zero-order valence-corrected chi connectivity index (χ0v) is 16.4. The normalized spacial score (nSPS) is 17.8. The van der Waals surface area contributed by atoms with Gasteiger partial charge in [0.1, 0.15) is 11.8 Å². The number of piperazine rings is 1. The predicted octanol–water partition coefficient (Wildman–Crippen LogP) is -0.00270. The molecule has 154 valence electrons. The van der Waals surface area contributed by atoms with Gasteiger partial charge in [0.2, 0.25) is 15.9 Å². The third-order valence-corrected chi connectivity index (χ3v) is 6.41. The van der Waals surface area contributed by atoms with Gasteiger partial charge < -0.3 is 9.64 Å². The van der Waals surface area contributed by atoms with Crippen LogP contribution in [0.5, 0.6) is 5.75 Å². The van der Waals surface area contributed by atoms with E-state index in [1.807, 2.05) is 0 Å². The number of rotatable bonds is 6. The maximum Gasteiger partial charge on any atom is 0.263 e. The number of nitrogens with one attached hydrogen (secondary N) is 1. The molecule has 2 heterocycles. The van der Waals surface area contributed by atoms with E-state index in [1.165, 1.54) is 41.8 Å². The van der Waals surface area contributed by atoms with Crippen LogP contribution in [0.25, 0.3) is 0 Å². The fourth-order valence-electron chi connectivity index (χ4n) is 3.01. The average molecular weight is 420 g/mol. The molecule has 1 unspecified atom stereocenters. The summed E-state index contributed by atoms with van der Waals surface area (Å²) in [5.41, 5.74) is 2.08. The topological polar surface area (TPSA) is 129 Å². The first-order valence-corrected chi connectivity index (χ1v) is 10.1. The molecule has 1 saturated heterocycles. The van der Waals surface area contributed by atoms with Gasteiger partial charge in [0.15, 0.2) is 0 Å². The number of nitrogens with zero attached hydrogens (tertiary/aromatic N) is 3. The van der Waals surface area contributed by atoms with Crippen molar-refractivity contribution in [3.05, 3.63) is 54.4 Å². The van der Waals surface area contributed by atoms with Crippen LogP contribution in [0.1, 0.15) is 5.69 Å². The van der Waals surface area contributed by atoms with Gasteiger partial charge in [-0.2, -0.15) is 4.31 Å². The summed E-state index contributed by atoms with van der Waals surface area (Å²) >= 11 is 0. The minimum Gasteiger partial charge on any atom is -0.497 e. The average Bonchev–Trinajstić information content (AvgIpc) is 2.75. The van der Waals surface area contributed by atoms with Crippen LogP contribution >= 0.6 is 0 Å². The second-order valence-corrected chi connectivity index (χ2v) is 8.20. The number of methoxy groups -OCH3 is 1. The monoisotopic (exact) mass is 420 g/mol. The number of hydrogen-bond donors (Lipinski definition) is 2. The van der Waals surface area contributed by atoms with Crippen LogP contribution in [0.2, 0.25) is 0 Å². The van der Waals surface area contributed by atoms with Crippen molar-refractivity contribution in [3.63, 3.8) is 0 Å². The summed E-state index contributed by atoms with van der Waals surface area (Å²) in [5.74, 6) is -0.944. The smallest absolute Gasteiger partial charge is 0.263 e. The number of carbonyl (C=O) groups is 2. The Hall–Kier alpha value is -3.02. The van der Waals surface area contributed by atoms with Gasteiger partial charge in [-0.25, -0.2) is 13.9 Å². The molecule has 2 amide bonds. The minimum absolute atomic E-state index is 0.0972. The lowest BCUT2D eigenvalue weighted by atomic mass is 10.2. The van der Waals surface area contributed by atoms with Crippen LogP contribution in [0.3, 0.4) is 0 Å². The number of hydroxylamine groups is 1. The summed E-state index contributed by atoms with van der Waals surface area (Å²) in [6.45, 7) is -0.651. The van der Waals surface area contributed by atoms with Gasteiger partial charge in [-0.3, -0.25) is 19.8 Å². The zero-order valence-electron chi connectivity index (χ0n) is 15.6. The Morgan fingerprint density at radius 1 is 1.28 bits per heavy atom. The van der Waals surface area contributed by atoms with Gasteiger partial charge in [0.25, 0.3) is 5.91 Å². The Kier molecular flexibility index (Phi) is 6.11. The molecular weight excluding hydrogens is 400 g/mol. The Morgan fingerprint density at radius 3 is 2.59 bits per heavy atom. The number of benzene rings is 1. The highest BCUT2D eigenvalue weighted by atomic mass is 32.2. The van der Waals surface area contributed by atoms with Crippen molar-refractivity contribution < 1.29 is 28.0 Å². The molecule has 0 spiro atoms. The van der Waals surface area contributed by atoms with E-state index in [2.05, 4.69) is 4.98 Å². The summed E-state index contributed by atoms with van der Waals surface area (Å²) in [6, 6.07) is 9.49. The van der Waals surface area contributed by atoms with Crippen molar-refractivity contribution >= 4 is 21.8 Å². The van der Waals surface area contributed by atoms with Crippen molar-refractivity contribution in [1.82, 2.24) is 19.7 Å². The molecule has 3 rings (SSSR count). The third-order valence-electron chi connectivity index (χ3n) is 4.54. The molecule has 1 aliphatic heterocycles. The van der Waals surface area contributed by atoms with Crippen molar-refractivity contribution in [2.75, 3.05) is 20.2 Å². The molecule has 11 heteroatoms. The van der Waals surface area contributed by atoms with E-state index in [4.69, 9.17) is 9.94 Å². The minimum atomic E-state index is -4.18. The van der Waals surface area contributed by atoms with E-state index >= 15 is 0 Å². The van der Waals surface area contributed by atoms with E-state index in [0.29, 0.717) is 11.4 Å². The van der Waals surface area contributed by atoms with Crippen molar-refractivity contribution in [1.29, 1.82) is 0 Å². The van der Waals surface area contributed by atoms with Gasteiger partial charge in [0, 0.05) is 12.7 Å². The van der Waals surface area contributed by atoms with Crippen molar-refractivity contribution in [2.45, 2.75) is 17.5 Å². The molecule has 0 radical (unpaired) electrons. The van der Waals surface area contributed by atoms with E-state index in [1.54, 1.807) is 24.4 Å². The highest BCUT2D eigenvalue weighted by Crippen LogP contribution is 2.24. The van der Waals surface area contributed by atoms with Crippen LogP contribution in [0.4, 0.5) is 0 Å². The molecule has 1 atom stereocenters. The molecule has 1 fully saturated rings. The third kappa shape index (κ3) is 4.36. The summed E-state index contributed by atoms with van der Waals surface area (Å²) in [5, 5.41) is 9.10. The van der Waals surface area contributed by atoms with Crippen molar-refractivity contribution in [2.24, 2.45) is 0 Å². The van der Waals surface area contributed by atoms with Gasteiger partial charge in [-0.1, -0.05) is 6.07 Å². The molecule has 29 heavy (non-hydrogen) atoms.